The maximum Gasteiger partial charge on any atom is 0.273 e. The monoisotopic (exact) mass is 252 g/mol. The summed E-state index contributed by atoms with van der Waals surface area (Å²) in [5, 5.41) is 20.1. The number of carbonyl (C=O) groups is 1. The van der Waals surface area contributed by atoms with E-state index in [2.05, 4.69) is 35.9 Å². The lowest BCUT2D eigenvalue weighted by Crippen LogP contribution is -2.22. The highest BCUT2D eigenvalue weighted by atomic mass is 16.6. The van der Waals surface area contributed by atoms with Gasteiger partial charge in [0, 0.05) is 13.6 Å². The third-order valence-electron chi connectivity index (χ3n) is 2.25. The van der Waals surface area contributed by atoms with E-state index in [1.165, 1.54) is 11.7 Å². The van der Waals surface area contributed by atoms with Crippen LogP contribution in [0.3, 0.4) is 0 Å². The Balaban J connectivity index is 2.52. The second-order valence-electron chi connectivity index (χ2n) is 3.38. The molecule has 2 rings (SSSR count). The number of hydrogen-bond acceptors (Lipinski definition) is 8. The van der Waals surface area contributed by atoms with Gasteiger partial charge in [-0.05, 0) is 17.4 Å². The van der Waals surface area contributed by atoms with Gasteiger partial charge in [-0.1, -0.05) is 5.21 Å². The molecule has 2 heterocycles. The molecule has 0 spiro atoms. The van der Waals surface area contributed by atoms with Crippen molar-refractivity contribution in [2.24, 2.45) is 0 Å². The van der Waals surface area contributed by atoms with Crippen molar-refractivity contribution in [2.45, 2.75) is 6.54 Å². The van der Waals surface area contributed by atoms with Crippen LogP contribution in [0.15, 0.2) is 4.63 Å². The van der Waals surface area contributed by atoms with E-state index < -0.39 is 0 Å². The van der Waals surface area contributed by atoms with Crippen LogP contribution in [0, 0.1) is 0 Å². The van der Waals surface area contributed by atoms with E-state index >= 15 is 0 Å². The molecule has 2 aromatic heterocycles. The molecule has 1 amide bonds. The van der Waals surface area contributed by atoms with Crippen LogP contribution >= 0.6 is 0 Å². The average Bonchev–Trinajstić information content (AvgIpc) is 2.95. The highest BCUT2D eigenvalue weighted by Gasteiger charge is 2.22. The van der Waals surface area contributed by atoms with E-state index in [9.17, 15) is 4.79 Å². The molecule has 0 radical (unpaired) electrons. The first kappa shape index (κ1) is 12.0. The first-order valence-corrected chi connectivity index (χ1v) is 5.08. The summed E-state index contributed by atoms with van der Waals surface area (Å²) in [6, 6.07) is 0. The fourth-order valence-electron chi connectivity index (χ4n) is 1.43. The smallest absolute Gasteiger partial charge is 0.273 e. The van der Waals surface area contributed by atoms with Gasteiger partial charge >= 0.3 is 0 Å². The summed E-state index contributed by atoms with van der Waals surface area (Å²) in [4.78, 5) is 11.6. The van der Waals surface area contributed by atoms with Gasteiger partial charge in [0.05, 0.1) is 5.69 Å². The number of anilines is 1. The molecule has 0 unspecified atom stereocenters. The molecule has 0 aromatic carbocycles. The Morgan fingerprint density at radius 1 is 1.44 bits per heavy atom. The second-order valence-corrected chi connectivity index (χ2v) is 3.38. The van der Waals surface area contributed by atoms with Crippen molar-refractivity contribution in [2.75, 3.05) is 19.8 Å². The number of nitrogens with zero attached hydrogens (tertiary/aromatic N) is 5. The first-order chi connectivity index (χ1) is 8.69. The van der Waals surface area contributed by atoms with Crippen LogP contribution in [0.4, 0.5) is 5.82 Å². The predicted molar refractivity (Wildman–Crippen MR) is 59.8 cm³/mol. The van der Waals surface area contributed by atoms with Crippen LogP contribution in [0.2, 0.25) is 0 Å². The molecule has 4 N–H and O–H groups in total. The van der Waals surface area contributed by atoms with Gasteiger partial charge in [0.25, 0.3) is 5.91 Å². The topological polar surface area (TPSA) is 137 Å². The highest BCUT2D eigenvalue weighted by Crippen LogP contribution is 2.15. The fourth-order valence-corrected chi connectivity index (χ4v) is 1.43. The van der Waals surface area contributed by atoms with Gasteiger partial charge in [0.15, 0.2) is 5.69 Å². The molecule has 0 saturated heterocycles. The number of amides is 1. The summed E-state index contributed by atoms with van der Waals surface area (Å²) in [5.41, 5.74) is 6.28. The Morgan fingerprint density at radius 2 is 2.22 bits per heavy atom. The zero-order valence-electron chi connectivity index (χ0n) is 9.84. The average molecular weight is 252 g/mol. The summed E-state index contributed by atoms with van der Waals surface area (Å²) in [6.45, 7) is 0.363. The lowest BCUT2D eigenvalue weighted by Gasteiger charge is -2.03. The molecule has 2 aromatic rings. The fraction of sp³-hybridized carbons (Fsp3) is 0.375. The first-order valence-electron chi connectivity index (χ1n) is 5.08. The lowest BCUT2D eigenvalue weighted by molar-refractivity contribution is 0.0957. The number of nitrogens with two attached hydrogens (primary N) is 1. The van der Waals surface area contributed by atoms with E-state index in [0.717, 1.165) is 0 Å². The Bertz CT molecular complexity index is 559. The second kappa shape index (κ2) is 4.79. The number of aromatic nitrogens is 5. The molecule has 0 fully saturated rings. The number of hydrogen-bond donors (Lipinski definition) is 3. The molecule has 18 heavy (non-hydrogen) atoms. The van der Waals surface area contributed by atoms with Crippen molar-refractivity contribution < 1.29 is 9.42 Å². The molecule has 96 valence electrons. The third-order valence-corrected chi connectivity index (χ3v) is 2.25. The van der Waals surface area contributed by atoms with Crippen LogP contribution in [-0.2, 0) is 6.54 Å². The van der Waals surface area contributed by atoms with E-state index in [0.29, 0.717) is 12.2 Å². The van der Waals surface area contributed by atoms with Crippen molar-refractivity contribution in [3.8, 4) is 5.82 Å². The number of carbonyl (C=O) groups excluding carboxylic acids is 1. The van der Waals surface area contributed by atoms with Crippen LogP contribution in [0.25, 0.3) is 5.82 Å². The van der Waals surface area contributed by atoms with Crippen molar-refractivity contribution in [1.29, 1.82) is 0 Å². The molecular weight excluding hydrogens is 240 g/mol. The molecule has 0 aliphatic carbocycles. The van der Waals surface area contributed by atoms with Gasteiger partial charge in [0.1, 0.15) is 0 Å². The minimum Gasteiger partial charge on any atom is -0.378 e. The molecule has 0 bridgehead atoms. The molecule has 0 atom stereocenters. The number of nitrogen functional groups attached to an aromatic ring is 1. The summed E-state index contributed by atoms with van der Waals surface area (Å²) >= 11 is 0. The van der Waals surface area contributed by atoms with Crippen LogP contribution in [0.5, 0.6) is 0 Å². The minimum atomic E-state index is -0.346. The van der Waals surface area contributed by atoms with Crippen LogP contribution < -0.4 is 16.4 Å². The maximum atomic E-state index is 11.6. The van der Waals surface area contributed by atoms with Crippen LogP contribution in [0.1, 0.15) is 16.2 Å². The standard InChI is InChI=1S/C8H12N8O2/c1-10-3-4-5(8(17)11-2)12-15-16(4)7-6(9)13-18-14-7/h10H,3H2,1-2H3,(H2,9,13)(H,11,17). The highest BCUT2D eigenvalue weighted by molar-refractivity contribution is 5.93. The van der Waals surface area contributed by atoms with Crippen molar-refractivity contribution >= 4 is 11.7 Å². The summed E-state index contributed by atoms with van der Waals surface area (Å²) in [5.74, 6) is -0.0786. The molecule has 0 aliphatic rings. The summed E-state index contributed by atoms with van der Waals surface area (Å²) in [6.07, 6.45) is 0. The van der Waals surface area contributed by atoms with Gasteiger partial charge < -0.3 is 16.4 Å². The Labute approximate surface area is 101 Å². The number of nitrogens with one attached hydrogen (secondary N) is 2. The van der Waals surface area contributed by atoms with Crippen LogP contribution in [-0.4, -0.2) is 45.3 Å². The van der Waals surface area contributed by atoms with E-state index in [-0.39, 0.29) is 23.2 Å². The maximum absolute atomic E-state index is 11.6. The summed E-state index contributed by atoms with van der Waals surface area (Å²) < 4.78 is 5.81. The zero-order valence-corrected chi connectivity index (χ0v) is 9.84. The van der Waals surface area contributed by atoms with Gasteiger partial charge in [-0.2, -0.15) is 4.68 Å². The van der Waals surface area contributed by atoms with Crippen molar-refractivity contribution in [3.63, 3.8) is 0 Å². The normalized spacial score (nSPS) is 10.6. The Morgan fingerprint density at radius 3 is 2.78 bits per heavy atom. The predicted octanol–water partition coefficient (Wildman–Crippen LogP) is -1.69. The molecule has 10 heteroatoms. The van der Waals surface area contributed by atoms with Crippen molar-refractivity contribution in [1.82, 2.24) is 35.9 Å². The van der Waals surface area contributed by atoms with E-state index in [1.807, 2.05) is 0 Å². The van der Waals surface area contributed by atoms with Gasteiger partial charge in [-0.15, -0.1) is 5.10 Å². The zero-order chi connectivity index (χ0) is 13.1. The van der Waals surface area contributed by atoms with E-state index in [4.69, 9.17) is 5.73 Å². The molecular formula is C8H12N8O2. The van der Waals surface area contributed by atoms with Gasteiger partial charge in [-0.3, -0.25) is 4.79 Å². The van der Waals surface area contributed by atoms with Gasteiger partial charge in [-0.25, -0.2) is 4.63 Å². The SMILES string of the molecule is CNCc1c(C(=O)NC)nnn1-c1nonc1N. The molecule has 10 nitrogen and oxygen atoms in total. The Hall–Kier alpha value is -2.49. The minimum absolute atomic E-state index is 0.0701. The van der Waals surface area contributed by atoms with Crippen molar-refractivity contribution in [3.05, 3.63) is 11.4 Å². The third kappa shape index (κ3) is 1.88. The Kier molecular flexibility index (Phi) is 3.19. The number of rotatable bonds is 4. The lowest BCUT2D eigenvalue weighted by atomic mass is 10.3. The van der Waals surface area contributed by atoms with E-state index in [1.54, 1.807) is 7.05 Å². The molecule has 0 saturated carbocycles. The molecule has 0 aliphatic heterocycles. The quantitative estimate of drug-likeness (QED) is 0.586. The largest absolute Gasteiger partial charge is 0.378 e. The summed E-state index contributed by atoms with van der Waals surface area (Å²) in [7, 11) is 3.24. The van der Waals surface area contributed by atoms with Gasteiger partial charge in [0.2, 0.25) is 11.6 Å².